The number of rotatable bonds is 9. The summed E-state index contributed by atoms with van der Waals surface area (Å²) in [5, 5.41) is 9.76. The second-order valence-corrected chi connectivity index (χ2v) is 14.1. The molecule has 2 aromatic carbocycles. The van der Waals surface area contributed by atoms with Crippen molar-refractivity contribution in [2.45, 2.75) is 42.8 Å². The predicted molar refractivity (Wildman–Crippen MR) is 153 cm³/mol. The summed E-state index contributed by atoms with van der Waals surface area (Å²) in [6, 6.07) is 10.3. The van der Waals surface area contributed by atoms with E-state index in [0.717, 1.165) is 9.87 Å². The number of amides is 1. The molecule has 1 aliphatic heterocycles. The molecule has 4 rings (SSSR count). The smallest absolute Gasteiger partial charge is 0.262 e. The number of imidazole rings is 1. The molecule has 1 aliphatic rings. The molecule has 0 aliphatic carbocycles. The zero-order valence-electron chi connectivity index (χ0n) is 23.6. The number of hydrogen-bond donors (Lipinski definition) is 2. The number of aryl methyl sites for hydroxylation is 2. The summed E-state index contributed by atoms with van der Waals surface area (Å²) in [6.45, 7) is 5.10. The van der Waals surface area contributed by atoms with Gasteiger partial charge in [0.25, 0.3) is 26.0 Å². The Bertz CT molecular complexity index is 1620. The summed E-state index contributed by atoms with van der Waals surface area (Å²) in [6.07, 6.45) is 1.98. The first-order valence-electron chi connectivity index (χ1n) is 13.0. The van der Waals surface area contributed by atoms with Gasteiger partial charge in [-0.2, -0.15) is 4.31 Å². The number of hydrogen-bond acceptors (Lipinski definition) is 8. The van der Waals surface area contributed by atoms with Crippen molar-refractivity contribution in [1.82, 2.24) is 18.8 Å². The van der Waals surface area contributed by atoms with Crippen LogP contribution in [-0.2, 0) is 27.1 Å². The van der Waals surface area contributed by atoms with Crippen LogP contribution in [-0.4, -0.2) is 85.5 Å². The number of aliphatic hydroxyl groups is 1. The largest absolute Gasteiger partial charge is 0.486 e. The van der Waals surface area contributed by atoms with Gasteiger partial charge < -0.3 is 19.3 Å². The third kappa shape index (κ3) is 6.40. The van der Waals surface area contributed by atoms with E-state index in [1.807, 2.05) is 6.92 Å². The fourth-order valence-electron chi connectivity index (χ4n) is 4.50. The molecule has 41 heavy (non-hydrogen) atoms. The Morgan fingerprint density at radius 3 is 2.46 bits per heavy atom. The molecule has 222 valence electrons. The summed E-state index contributed by atoms with van der Waals surface area (Å²) in [5.41, 5.74) is 1.01. The van der Waals surface area contributed by atoms with Crippen LogP contribution in [0.15, 0.2) is 64.9 Å². The van der Waals surface area contributed by atoms with Crippen molar-refractivity contribution in [3.05, 3.63) is 66.1 Å². The first-order valence-corrected chi connectivity index (χ1v) is 15.9. The van der Waals surface area contributed by atoms with Gasteiger partial charge in [-0.1, -0.05) is 30.7 Å². The molecule has 3 atom stereocenters. The lowest BCUT2D eigenvalue weighted by atomic mass is 9.99. The molecule has 14 heteroatoms. The summed E-state index contributed by atoms with van der Waals surface area (Å²) >= 11 is 0. The van der Waals surface area contributed by atoms with Gasteiger partial charge in [0.2, 0.25) is 0 Å². The number of carbonyl (C=O) groups is 1. The van der Waals surface area contributed by atoms with Crippen molar-refractivity contribution in [3.63, 3.8) is 0 Å². The molecule has 2 N–H and O–H groups in total. The Labute approximate surface area is 240 Å². The van der Waals surface area contributed by atoms with Crippen molar-refractivity contribution in [2.75, 3.05) is 31.5 Å². The van der Waals surface area contributed by atoms with Gasteiger partial charge in [0, 0.05) is 32.8 Å². The van der Waals surface area contributed by atoms with Crippen molar-refractivity contribution in [3.8, 4) is 5.75 Å². The highest BCUT2D eigenvalue weighted by molar-refractivity contribution is 7.92. The minimum Gasteiger partial charge on any atom is -0.486 e. The van der Waals surface area contributed by atoms with E-state index in [1.54, 1.807) is 33.0 Å². The second kappa shape index (κ2) is 11.8. The summed E-state index contributed by atoms with van der Waals surface area (Å²) in [5.74, 6) is -0.884. The van der Waals surface area contributed by atoms with Crippen LogP contribution in [0.3, 0.4) is 0 Å². The topological polar surface area (TPSA) is 151 Å². The standard InChI is InChI=1S/C27H35N5O7S2/c1-18-9-11-21(12-10-18)40(35,36)29-23-8-6-7-22-26(23)39-24(19(2)13-32(27(22)34)20(3)16-33)14-31(5)41(37,38)25-15-30(4)17-28-25/h6-12,15,17,19-20,24,29,33H,13-14,16H2,1-5H3/t19-,20-,24-/m0/s1. The third-order valence-electron chi connectivity index (χ3n) is 7.06. The molecular formula is C27H35N5O7S2. The second-order valence-electron chi connectivity index (χ2n) is 10.4. The predicted octanol–water partition coefficient (Wildman–Crippen LogP) is 2.07. The number of likely N-dealkylation sites (N-methyl/N-ethyl adjacent to an activating group) is 1. The summed E-state index contributed by atoms with van der Waals surface area (Å²) in [4.78, 5) is 19.2. The molecule has 0 unspecified atom stereocenters. The number of aliphatic hydroxyl groups excluding tert-OH is 1. The molecule has 2 heterocycles. The molecule has 0 saturated carbocycles. The maximum atomic E-state index is 13.7. The van der Waals surface area contributed by atoms with Crippen molar-refractivity contribution in [1.29, 1.82) is 0 Å². The van der Waals surface area contributed by atoms with Crippen molar-refractivity contribution < 1.29 is 31.5 Å². The van der Waals surface area contributed by atoms with E-state index < -0.39 is 44.0 Å². The number of nitrogens with one attached hydrogen (secondary N) is 1. The molecule has 0 saturated heterocycles. The SMILES string of the molecule is Cc1ccc(S(=O)(=O)Nc2cccc3c2O[C@@H](CN(C)S(=O)(=O)c2cn(C)cn2)[C@@H](C)CN([C@@H](C)CO)C3=O)cc1. The molecule has 12 nitrogen and oxygen atoms in total. The molecule has 0 fully saturated rings. The summed E-state index contributed by atoms with van der Waals surface area (Å²) < 4.78 is 64.6. The number of aromatic nitrogens is 2. The first-order chi connectivity index (χ1) is 19.2. The Morgan fingerprint density at radius 1 is 1.17 bits per heavy atom. The third-order valence-corrected chi connectivity index (χ3v) is 10.2. The van der Waals surface area contributed by atoms with E-state index in [9.17, 15) is 26.7 Å². The van der Waals surface area contributed by atoms with Crippen LogP contribution in [0.1, 0.15) is 29.8 Å². The van der Waals surface area contributed by atoms with E-state index in [-0.39, 0.29) is 46.6 Å². The lowest BCUT2D eigenvalue weighted by Crippen LogP contribution is -2.50. The Balaban J connectivity index is 1.76. The number of nitrogens with zero attached hydrogens (tertiary/aromatic N) is 4. The fraction of sp³-hybridized carbons (Fsp3) is 0.407. The number of carbonyl (C=O) groups excluding carboxylic acids is 1. The van der Waals surface area contributed by atoms with Crippen LogP contribution in [0.2, 0.25) is 0 Å². The van der Waals surface area contributed by atoms with E-state index in [1.165, 1.54) is 59.4 Å². The first kappa shape index (κ1) is 30.5. The van der Waals surface area contributed by atoms with Gasteiger partial charge >= 0.3 is 0 Å². The van der Waals surface area contributed by atoms with Crippen molar-refractivity contribution in [2.24, 2.45) is 13.0 Å². The van der Waals surface area contributed by atoms with Crippen LogP contribution < -0.4 is 9.46 Å². The van der Waals surface area contributed by atoms with Crippen LogP contribution in [0.25, 0.3) is 0 Å². The lowest BCUT2D eigenvalue weighted by Gasteiger charge is -2.38. The highest BCUT2D eigenvalue weighted by Gasteiger charge is 2.37. The van der Waals surface area contributed by atoms with Gasteiger partial charge in [-0.3, -0.25) is 9.52 Å². The van der Waals surface area contributed by atoms with E-state index in [4.69, 9.17) is 4.74 Å². The van der Waals surface area contributed by atoms with Gasteiger partial charge in [-0.25, -0.2) is 21.8 Å². The number of benzene rings is 2. The maximum absolute atomic E-state index is 13.7. The molecule has 0 radical (unpaired) electrons. The monoisotopic (exact) mass is 605 g/mol. The summed E-state index contributed by atoms with van der Waals surface area (Å²) in [7, 11) is -4.96. The number of para-hydroxylation sites is 1. The Hall–Kier alpha value is -3.46. The zero-order valence-corrected chi connectivity index (χ0v) is 25.2. The van der Waals surface area contributed by atoms with E-state index in [2.05, 4.69) is 9.71 Å². The van der Waals surface area contributed by atoms with E-state index >= 15 is 0 Å². The number of ether oxygens (including phenoxy) is 1. The molecule has 0 bridgehead atoms. The number of sulfonamides is 2. The van der Waals surface area contributed by atoms with Gasteiger partial charge in [-0.05, 0) is 38.1 Å². The van der Waals surface area contributed by atoms with Crippen LogP contribution in [0.5, 0.6) is 5.75 Å². The molecule has 1 amide bonds. The minimum absolute atomic E-state index is 0.0245. The molecule has 3 aromatic rings. The van der Waals surface area contributed by atoms with Crippen LogP contribution in [0.4, 0.5) is 5.69 Å². The molecule has 0 spiro atoms. The van der Waals surface area contributed by atoms with Crippen LogP contribution in [0, 0.1) is 12.8 Å². The quantitative estimate of drug-likeness (QED) is 0.376. The normalized spacial score (nSPS) is 18.8. The maximum Gasteiger partial charge on any atom is 0.262 e. The average Bonchev–Trinajstić information content (AvgIpc) is 3.37. The highest BCUT2D eigenvalue weighted by atomic mass is 32.2. The van der Waals surface area contributed by atoms with Gasteiger partial charge in [0.05, 0.1) is 41.7 Å². The number of anilines is 1. The Morgan fingerprint density at radius 2 is 1.85 bits per heavy atom. The van der Waals surface area contributed by atoms with Crippen molar-refractivity contribution >= 4 is 31.6 Å². The zero-order chi connectivity index (χ0) is 30.1. The lowest BCUT2D eigenvalue weighted by molar-refractivity contribution is 0.0389. The highest BCUT2D eigenvalue weighted by Crippen LogP contribution is 2.36. The Kier molecular flexibility index (Phi) is 8.78. The molecular weight excluding hydrogens is 570 g/mol. The van der Waals surface area contributed by atoms with Gasteiger partial charge in [-0.15, -0.1) is 0 Å². The molecule has 1 aromatic heterocycles. The van der Waals surface area contributed by atoms with Crippen LogP contribution >= 0.6 is 0 Å². The van der Waals surface area contributed by atoms with Gasteiger partial charge in [0.15, 0.2) is 10.8 Å². The van der Waals surface area contributed by atoms with Gasteiger partial charge in [0.1, 0.15) is 6.10 Å². The minimum atomic E-state index is -4.06. The van der Waals surface area contributed by atoms with E-state index in [0.29, 0.717) is 0 Å². The average molecular weight is 606 g/mol. The number of fused-ring (bicyclic) bond motifs is 1. The fourth-order valence-corrected chi connectivity index (χ4v) is 6.70.